The molecule has 0 atom stereocenters. The predicted octanol–water partition coefficient (Wildman–Crippen LogP) is 1.97. The van der Waals surface area contributed by atoms with Crippen molar-refractivity contribution >= 4 is 33.5 Å². The van der Waals surface area contributed by atoms with Crippen molar-refractivity contribution < 1.29 is 0 Å². The Morgan fingerprint density at radius 1 is 1.47 bits per heavy atom. The molecule has 2 aromatic heterocycles. The summed E-state index contributed by atoms with van der Waals surface area (Å²) >= 11 is 4.65. The van der Waals surface area contributed by atoms with Gasteiger partial charge in [0.15, 0.2) is 5.16 Å². The number of hydrogen-bond donors (Lipinski definition) is 2. The zero-order valence-electron chi connectivity index (χ0n) is 8.90. The number of nitrogens with two attached hydrogens (primary N) is 1. The molecule has 5 nitrogen and oxygen atoms in total. The van der Waals surface area contributed by atoms with Gasteiger partial charge in [0.1, 0.15) is 10.8 Å². The number of pyridine rings is 1. The summed E-state index contributed by atoms with van der Waals surface area (Å²) in [5, 5.41) is 1.15. The molecule has 0 fully saturated rings. The largest absolute Gasteiger partial charge is 0.383 e. The molecule has 0 aliphatic carbocycles. The van der Waals surface area contributed by atoms with Crippen molar-refractivity contribution in [1.29, 1.82) is 0 Å². The highest BCUT2D eigenvalue weighted by Crippen LogP contribution is 2.29. The summed E-state index contributed by atoms with van der Waals surface area (Å²) in [6.07, 6.45) is 1.75. The second-order valence-corrected chi connectivity index (χ2v) is 5.21. The molecule has 0 aliphatic heterocycles. The van der Waals surface area contributed by atoms with Gasteiger partial charge in [-0.25, -0.2) is 9.97 Å². The number of anilines is 1. The SMILES string of the molecule is Cc1cnc(Sc2nc(N)cc(=O)[nH]2)c(Br)c1. The lowest BCUT2D eigenvalue weighted by Gasteiger charge is -2.03. The van der Waals surface area contributed by atoms with E-state index in [0.29, 0.717) is 5.16 Å². The van der Waals surface area contributed by atoms with Crippen LogP contribution in [-0.2, 0) is 0 Å². The molecule has 0 amide bonds. The van der Waals surface area contributed by atoms with Gasteiger partial charge in [-0.2, -0.15) is 0 Å². The molecule has 0 radical (unpaired) electrons. The number of aromatic amines is 1. The maximum Gasteiger partial charge on any atom is 0.253 e. The molecule has 3 N–H and O–H groups in total. The van der Waals surface area contributed by atoms with Crippen molar-refractivity contribution in [1.82, 2.24) is 15.0 Å². The summed E-state index contributed by atoms with van der Waals surface area (Å²) in [6, 6.07) is 3.18. The number of nitrogen functional groups attached to an aromatic ring is 1. The summed E-state index contributed by atoms with van der Waals surface area (Å²) in [6.45, 7) is 1.95. The first-order chi connectivity index (χ1) is 8.04. The molecule has 2 aromatic rings. The molecule has 0 aliphatic rings. The minimum Gasteiger partial charge on any atom is -0.383 e. The minimum absolute atomic E-state index is 0.194. The molecule has 0 spiro atoms. The molecule has 17 heavy (non-hydrogen) atoms. The summed E-state index contributed by atoms with van der Waals surface area (Å²) in [5.74, 6) is 0.194. The second-order valence-electron chi connectivity index (χ2n) is 3.38. The number of aromatic nitrogens is 3. The third kappa shape index (κ3) is 3.07. The fraction of sp³-hybridized carbons (Fsp3) is 0.100. The first-order valence-electron chi connectivity index (χ1n) is 4.71. The molecule has 7 heteroatoms. The normalized spacial score (nSPS) is 10.5. The number of nitrogens with one attached hydrogen (secondary N) is 1. The number of rotatable bonds is 2. The van der Waals surface area contributed by atoms with Gasteiger partial charge in [0, 0.05) is 12.3 Å². The quantitative estimate of drug-likeness (QED) is 0.828. The highest BCUT2D eigenvalue weighted by molar-refractivity contribution is 9.10. The number of halogens is 1. The van der Waals surface area contributed by atoms with Crippen LogP contribution in [0.2, 0.25) is 0 Å². The first-order valence-corrected chi connectivity index (χ1v) is 6.32. The van der Waals surface area contributed by atoms with E-state index in [0.717, 1.165) is 15.1 Å². The Morgan fingerprint density at radius 2 is 2.24 bits per heavy atom. The molecular weight excluding hydrogens is 304 g/mol. The summed E-state index contributed by atoms with van der Waals surface area (Å²) in [4.78, 5) is 22.1. The third-order valence-corrected chi connectivity index (χ3v) is 3.65. The molecule has 88 valence electrons. The Bertz CT molecular complexity index is 613. The van der Waals surface area contributed by atoms with E-state index in [2.05, 4.69) is 30.9 Å². The van der Waals surface area contributed by atoms with Gasteiger partial charge in [0.2, 0.25) is 0 Å². The molecule has 0 bridgehead atoms. The topological polar surface area (TPSA) is 84.7 Å². The van der Waals surface area contributed by atoms with E-state index in [1.54, 1.807) is 6.20 Å². The van der Waals surface area contributed by atoms with Crippen LogP contribution in [-0.4, -0.2) is 15.0 Å². The van der Waals surface area contributed by atoms with Crippen LogP contribution in [0, 0.1) is 6.92 Å². The Morgan fingerprint density at radius 3 is 2.88 bits per heavy atom. The molecule has 2 rings (SSSR count). The Kier molecular flexibility index (Phi) is 3.49. The molecular formula is C10H9BrN4OS. The van der Waals surface area contributed by atoms with Crippen LogP contribution in [0.15, 0.2) is 37.8 Å². The maximum atomic E-state index is 11.2. The van der Waals surface area contributed by atoms with E-state index >= 15 is 0 Å². The average Bonchev–Trinajstić information content (AvgIpc) is 2.21. The third-order valence-electron chi connectivity index (χ3n) is 1.88. The highest BCUT2D eigenvalue weighted by Gasteiger charge is 2.07. The second kappa shape index (κ2) is 4.89. The van der Waals surface area contributed by atoms with Gasteiger partial charge < -0.3 is 10.7 Å². The molecule has 2 heterocycles. The lowest BCUT2D eigenvalue weighted by Crippen LogP contribution is -2.09. The van der Waals surface area contributed by atoms with Gasteiger partial charge in [-0.1, -0.05) is 0 Å². The average molecular weight is 313 g/mol. The number of hydrogen-bond acceptors (Lipinski definition) is 5. The fourth-order valence-electron chi connectivity index (χ4n) is 1.19. The number of aryl methyl sites for hydroxylation is 1. The zero-order valence-corrected chi connectivity index (χ0v) is 11.3. The predicted molar refractivity (Wildman–Crippen MR) is 70.1 cm³/mol. The van der Waals surface area contributed by atoms with Crippen LogP contribution >= 0.6 is 27.7 Å². The molecule has 0 unspecified atom stereocenters. The van der Waals surface area contributed by atoms with Crippen molar-refractivity contribution in [2.75, 3.05) is 5.73 Å². The van der Waals surface area contributed by atoms with Gasteiger partial charge in [-0.05, 0) is 46.2 Å². The first kappa shape index (κ1) is 12.1. The molecule has 0 aromatic carbocycles. The lowest BCUT2D eigenvalue weighted by molar-refractivity contribution is 0.938. The van der Waals surface area contributed by atoms with Crippen molar-refractivity contribution in [2.45, 2.75) is 17.1 Å². The van der Waals surface area contributed by atoms with Crippen LogP contribution in [0.5, 0.6) is 0 Å². The van der Waals surface area contributed by atoms with E-state index < -0.39 is 0 Å². The van der Waals surface area contributed by atoms with Crippen LogP contribution in [0.25, 0.3) is 0 Å². The van der Waals surface area contributed by atoms with E-state index in [9.17, 15) is 4.79 Å². The van der Waals surface area contributed by atoms with Crippen molar-refractivity contribution in [3.8, 4) is 0 Å². The van der Waals surface area contributed by atoms with Gasteiger partial charge in [-0.3, -0.25) is 4.79 Å². The Labute approximate surface area is 110 Å². The zero-order chi connectivity index (χ0) is 12.4. The van der Waals surface area contributed by atoms with Crippen LogP contribution in [0.3, 0.4) is 0 Å². The van der Waals surface area contributed by atoms with Gasteiger partial charge in [0.05, 0.1) is 4.47 Å². The van der Waals surface area contributed by atoms with Crippen molar-refractivity contribution in [3.05, 3.63) is 38.7 Å². The van der Waals surface area contributed by atoms with Crippen LogP contribution < -0.4 is 11.3 Å². The van der Waals surface area contributed by atoms with E-state index in [1.807, 2.05) is 13.0 Å². The maximum absolute atomic E-state index is 11.2. The summed E-state index contributed by atoms with van der Waals surface area (Å²) < 4.78 is 0.854. The van der Waals surface area contributed by atoms with Gasteiger partial charge in [-0.15, -0.1) is 0 Å². The summed E-state index contributed by atoms with van der Waals surface area (Å²) in [7, 11) is 0. The van der Waals surface area contributed by atoms with E-state index in [1.165, 1.54) is 17.8 Å². The Hall–Kier alpha value is -1.34. The molecule has 0 saturated carbocycles. The molecule has 0 saturated heterocycles. The standard InChI is InChI=1S/C10H9BrN4OS/c1-5-2-6(11)9(13-4-5)17-10-14-7(12)3-8(16)15-10/h2-4H,1H3,(H3,12,14,15,16). The van der Waals surface area contributed by atoms with E-state index in [-0.39, 0.29) is 11.4 Å². The number of H-pyrrole nitrogens is 1. The minimum atomic E-state index is -0.275. The van der Waals surface area contributed by atoms with Gasteiger partial charge >= 0.3 is 0 Å². The smallest absolute Gasteiger partial charge is 0.253 e. The van der Waals surface area contributed by atoms with Gasteiger partial charge in [0.25, 0.3) is 5.56 Å². The fourth-order valence-corrected chi connectivity index (χ4v) is 2.64. The van der Waals surface area contributed by atoms with Crippen molar-refractivity contribution in [2.24, 2.45) is 0 Å². The summed E-state index contributed by atoms with van der Waals surface area (Å²) in [5.41, 5.74) is 6.28. The number of nitrogens with zero attached hydrogens (tertiary/aromatic N) is 2. The Balaban J connectivity index is 2.34. The lowest BCUT2D eigenvalue weighted by atomic mass is 10.3. The van der Waals surface area contributed by atoms with E-state index in [4.69, 9.17) is 5.73 Å². The highest BCUT2D eigenvalue weighted by atomic mass is 79.9. The monoisotopic (exact) mass is 312 g/mol. The van der Waals surface area contributed by atoms with Crippen LogP contribution in [0.1, 0.15) is 5.56 Å². The van der Waals surface area contributed by atoms with Crippen molar-refractivity contribution in [3.63, 3.8) is 0 Å². The van der Waals surface area contributed by atoms with Crippen LogP contribution in [0.4, 0.5) is 5.82 Å².